The molecule has 1 aromatic carbocycles. The molecule has 1 aromatic heterocycles. The number of aryl methyl sites for hydroxylation is 1. The van der Waals surface area contributed by atoms with E-state index in [4.69, 9.17) is 4.74 Å². The molecule has 1 amide bonds. The number of carbonyl (C=O) groups excluding carboxylic acids is 1. The number of H-pyrrole nitrogens is 1. The largest absolute Gasteiger partial charge is 0.497 e. The third kappa shape index (κ3) is 4.11. The molecule has 0 aliphatic heterocycles. The molecule has 0 fully saturated rings. The number of carbonyl (C=O) groups is 1. The van der Waals surface area contributed by atoms with E-state index in [-0.39, 0.29) is 17.2 Å². The zero-order chi connectivity index (χ0) is 16.1. The summed E-state index contributed by atoms with van der Waals surface area (Å²) in [7, 11) is 1.58. The Morgan fingerprint density at radius 1 is 1.32 bits per heavy atom. The number of ether oxygens (including phenoxy) is 1. The summed E-state index contributed by atoms with van der Waals surface area (Å²) in [6, 6.07) is 7.06. The molecule has 0 spiro atoms. The smallest absolute Gasteiger partial charge is 0.254 e. The van der Waals surface area contributed by atoms with E-state index in [1.165, 1.54) is 11.8 Å². The lowest BCUT2D eigenvalue weighted by atomic mass is 10.3. The van der Waals surface area contributed by atoms with Gasteiger partial charge in [-0.05, 0) is 38.1 Å². The molecular formula is C15H17N3O3S. The molecule has 0 saturated heterocycles. The number of thioether (sulfide) groups is 1. The van der Waals surface area contributed by atoms with Crippen LogP contribution in [-0.2, 0) is 4.79 Å². The van der Waals surface area contributed by atoms with Gasteiger partial charge in [-0.2, -0.15) is 0 Å². The second kappa shape index (κ2) is 7.13. The molecule has 0 bridgehead atoms. The van der Waals surface area contributed by atoms with Gasteiger partial charge in [0, 0.05) is 16.9 Å². The highest BCUT2D eigenvalue weighted by Gasteiger charge is 2.08. The topological polar surface area (TPSA) is 84.1 Å². The van der Waals surface area contributed by atoms with Gasteiger partial charge in [0.2, 0.25) is 5.91 Å². The Morgan fingerprint density at radius 2 is 2.00 bits per heavy atom. The Balaban J connectivity index is 1.93. The second-order valence-corrected chi connectivity index (χ2v) is 5.61. The van der Waals surface area contributed by atoms with Crippen LogP contribution < -0.4 is 15.6 Å². The Kier molecular flexibility index (Phi) is 5.21. The van der Waals surface area contributed by atoms with Crippen molar-refractivity contribution in [3.8, 4) is 5.75 Å². The molecule has 1 heterocycles. The molecule has 2 N–H and O–H groups in total. The number of hydrogen-bond donors (Lipinski definition) is 2. The van der Waals surface area contributed by atoms with Crippen LogP contribution in [0.25, 0.3) is 0 Å². The van der Waals surface area contributed by atoms with Gasteiger partial charge in [-0.1, -0.05) is 11.8 Å². The van der Waals surface area contributed by atoms with Crippen LogP contribution >= 0.6 is 11.8 Å². The number of aromatic nitrogens is 2. The van der Waals surface area contributed by atoms with Gasteiger partial charge >= 0.3 is 0 Å². The van der Waals surface area contributed by atoms with Gasteiger partial charge in [0.15, 0.2) is 5.16 Å². The second-order valence-electron chi connectivity index (χ2n) is 4.65. The van der Waals surface area contributed by atoms with Crippen molar-refractivity contribution >= 4 is 23.4 Å². The third-order valence-electron chi connectivity index (χ3n) is 3.09. The highest BCUT2D eigenvalue weighted by molar-refractivity contribution is 7.99. The molecule has 0 unspecified atom stereocenters. The molecule has 0 aliphatic rings. The molecule has 116 valence electrons. The van der Waals surface area contributed by atoms with E-state index < -0.39 is 0 Å². The van der Waals surface area contributed by atoms with E-state index in [1.54, 1.807) is 45.2 Å². The van der Waals surface area contributed by atoms with Crippen LogP contribution in [0.2, 0.25) is 0 Å². The zero-order valence-corrected chi connectivity index (χ0v) is 13.4. The normalized spacial score (nSPS) is 10.3. The molecule has 6 nitrogen and oxygen atoms in total. The summed E-state index contributed by atoms with van der Waals surface area (Å²) in [6.45, 7) is 3.48. The van der Waals surface area contributed by atoms with Gasteiger partial charge in [-0.3, -0.25) is 9.59 Å². The van der Waals surface area contributed by atoms with Crippen molar-refractivity contribution < 1.29 is 9.53 Å². The molecule has 2 aromatic rings. The number of aromatic amines is 1. The molecule has 0 aliphatic carbocycles. The first-order valence-corrected chi connectivity index (χ1v) is 7.62. The Labute approximate surface area is 132 Å². The number of hydrogen-bond acceptors (Lipinski definition) is 5. The third-order valence-corrected chi connectivity index (χ3v) is 3.96. The Morgan fingerprint density at radius 3 is 2.59 bits per heavy atom. The van der Waals surface area contributed by atoms with Crippen LogP contribution in [0.4, 0.5) is 5.69 Å². The number of nitrogens with one attached hydrogen (secondary N) is 2. The standard InChI is InChI=1S/C15H17N3O3S/c1-9-10(2)16-15(18-14(9)20)22-8-13(19)17-11-4-6-12(21-3)7-5-11/h4-7H,8H2,1-3H3,(H,17,19)(H,16,18,20). The first-order valence-electron chi connectivity index (χ1n) is 6.64. The molecule has 22 heavy (non-hydrogen) atoms. The van der Waals surface area contributed by atoms with Crippen molar-refractivity contribution in [2.75, 3.05) is 18.2 Å². The predicted octanol–water partition coefficient (Wildman–Crippen LogP) is 2.13. The summed E-state index contributed by atoms with van der Waals surface area (Å²) in [5.74, 6) is 0.720. The summed E-state index contributed by atoms with van der Waals surface area (Å²) in [5, 5.41) is 3.21. The molecule has 0 radical (unpaired) electrons. The first-order chi connectivity index (χ1) is 10.5. The number of rotatable bonds is 5. The quantitative estimate of drug-likeness (QED) is 0.651. The van der Waals surface area contributed by atoms with Crippen molar-refractivity contribution in [3.05, 3.63) is 45.9 Å². The lowest BCUT2D eigenvalue weighted by molar-refractivity contribution is -0.113. The van der Waals surface area contributed by atoms with E-state index in [9.17, 15) is 9.59 Å². The van der Waals surface area contributed by atoms with Crippen molar-refractivity contribution in [3.63, 3.8) is 0 Å². The van der Waals surface area contributed by atoms with Crippen LogP contribution in [0.5, 0.6) is 5.75 Å². The summed E-state index contributed by atoms with van der Waals surface area (Å²) in [5.41, 5.74) is 1.77. The van der Waals surface area contributed by atoms with Crippen LogP contribution in [0.15, 0.2) is 34.2 Å². The van der Waals surface area contributed by atoms with E-state index in [0.29, 0.717) is 22.1 Å². The maximum atomic E-state index is 11.9. The number of nitrogens with zero attached hydrogens (tertiary/aromatic N) is 1. The van der Waals surface area contributed by atoms with E-state index in [1.807, 2.05) is 0 Å². The van der Waals surface area contributed by atoms with Gasteiger partial charge in [0.25, 0.3) is 5.56 Å². The summed E-state index contributed by atoms with van der Waals surface area (Å²) < 4.78 is 5.05. The number of anilines is 1. The number of benzene rings is 1. The van der Waals surface area contributed by atoms with Crippen molar-refractivity contribution in [1.29, 1.82) is 0 Å². The summed E-state index contributed by atoms with van der Waals surface area (Å²) >= 11 is 1.19. The van der Waals surface area contributed by atoms with Crippen LogP contribution in [-0.4, -0.2) is 28.7 Å². The highest BCUT2D eigenvalue weighted by Crippen LogP contribution is 2.16. The van der Waals surface area contributed by atoms with Gasteiger partial charge in [-0.25, -0.2) is 4.98 Å². The van der Waals surface area contributed by atoms with Crippen LogP contribution in [0.1, 0.15) is 11.3 Å². The molecule has 0 atom stereocenters. The van der Waals surface area contributed by atoms with Gasteiger partial charge in [0.05, 0.1) is 12.9 Å². The fourth-order valence-corrected chi connectivity index (χ4v) is 2.40. The number of methoxy groups -OCH3 is 1. The van der Waals surface area contributed by atoms with Gasteiger partial charge in [-0.15, -0.1) is 0 Å². The maximum absolute atomic E-state index is 11.9. The van der Waals surface area contributed by atoms with Crippen LogP contribution in [0.3, 0.4) is 0 Å². The van der Waals surface area contributed by atoms with Crippen molar-refractivity contribution in [2.45, 2.75) is 19.0 Å². The number of amides is 1. The minimum Gasteiger partial charge on any atom is -0.497 e. The van der Waals surface area contributed by atoms with E-state index >= 15 is 0 Å². The Hall–Kier alpha value is -2.28. The zero-order valence-electron chi connectivity index (χ0n) is 12.6. The maximum Gasteiger partial charge on any atom is 0.254 e. The molecule has 7 heteroatoms. The molecular weight excluding hydrogens is 302 g/mol. The average Bonchev–Trinajstić information content (AvgIpc) is 2.51. The van der Waals surface area contributed by atoms with Gasteiger partial charge < -0.3 is 15.0 Å². The average molecular weight is 319 g/mol. The minimum atomic E-state index is -0.175. The summed E-state index contributed by atoms with van der Waals surface area (Å²) in [4.78, 5) is 30.4. The monoisotopic (exact) mass is 319 g/mol. The SMILES string of the molecule is COc1ccc(NC(=O)CSc2nc(C)c(C)c(=O)[nH]2)cc1. The summed E-state index contributed by atoms with van der Waals surface area (Å²) in [6.07, 6.45) is 0. The highest BCUT2D eigenvalue weighted by atomic mass is 32.2. The van der Waals surface area contributed by atoms with Crippen LogP contribution in [0, 0.1) is 13.8 Å². The van der Waals surface area contributed by atoms with Crippen molar-refractivity contribution in [1.82, 2.24) is 9.97 Å². The first kappa shape index (κ1) is 16.1. The minimum absolute atomic E-state index is 0.164. The fraction of sp³-hybridized carbons (Fsp3) is 0.267. The lowest BCUT2D eigenvalue weighted by Crippen LogP contribution is -2.17. The van der Waals surface area contributed by atoms with Gasteiger partial charge in [0.1, 0.15) is 5.75 Å². The molecule has 2 rings (SSSR count). The lowest BCUT2D eigenvalue weighted by Gasteiger charge is -2.06. The Bertz CT molecular complexity index is 726. The van der Waals surface area contributed by atoms with Crippen molar-refractivity contribution in [2.24, 2.45) is 0 Å². The molecule has 0 saturated carbocycles. The van der Waals surface area contributed by atoms with E-state index in [0.717, 1.165) is 5.75 Å². The predicted molar refractivity (Wildman–Crippen MR) is 86.7 cm³/mol. The van der Waals surface area contributed by atoms with E-state index in [2.05, 4.69) is 15.3 Å². The fourth-order valence-electron chi connectivity index (χ4n) is 1.69.